The van der Waals surface area contributed by atoms with Crippen molar-refractivity contribution in [1.29, 1.82) is 0 Å². The maximum atomic E-state index is 5.78. The molecule has 3 heteroatoms. The number of hydrogen-bond donors (Lipinski definition) is 0. The lowest BCUT2D eigenvalue weighted by Gasteiger charge is -2.02. The van der Waals surface area contributed by atoms with Gasteiger partial charge in [0.15, 0.2) is 0 Å². The standard InChI is InChI=1S/C9H5BBrN/c10-8-1-2-9(11)7-5-12-4-3-6(7)8/h1-5H. The van der Waals surface area contributed by atoms with Gasteiger partial charge in [0.2, 0.25) is 0 Å². The van der Waals surface area contributed by atoms with E-state index in [0.29, 0.717) is 0 Å². The highest BCUT2D eigenvalue weighted by Crippen LogP contribution is 2.20. The molecule has 2 rings (SSSR count). The fraction of sp³-hybridized carbons (Fsp3) is 0. The molecular formula is C9H5BBrN. The first-order valence-electron chi connectivity index (χ1n) is 3.57. The fourth-order valence-corrected chi connectivity index (χ4v) is 1.63. The van der Waals surface area contributed by atoms with E-state index in [1.807, 2.05) is 18.2 Å². The van der Waals surface area contributed by atoms with Crippen LogP contribution in [-0.4, -0.2) is 12.8 Å². The van der Waals surface area contributed by atoms with Gasteiger partial charge in [0.05, 0.1) is 0 Å². The van der Waals surface area contributed by atoms with Crippen LogP contribution in [0.4, 0.5) is 0 Å². The molecule has 1 aromatic carbocycles. The highest BCUT2D eigenvalue weighted by Gasteiger charge is 1.98. The summed E-state index contributed by atoms with van der Waals surface area (Å²) in [6.45, 7) is 0. The molecule has 56 valence electrons. The van der Waals surface area contributed by atoms with Crippen molar-refractivity contribution in [3.8, 4) is 0 Å². The summed E-state index contributed by atoms with van der Waals surface area (Å²) in [5.74, 6) is 0. The Balaban J connectivity index is 2.95. The van der Waals surface area contributed by atoms with Gasteiger partial charge in [0, 0.05) is 22.3 Å². The van der Waals surface area contributed by atoms with Crippen LogP contribution in [-0.2, 0) is 0 Å². The summed E-state index contributed by atoms with van der Waals surface area (Å²) in [6.07, 6.45) is 3.54. The molecule has 0 saturated heterocycles. The number of benzene rings is 1. The smallest absolute Gasteiger partial charge is 0.114 e. The molecule has 0 amide bonds. The zero-order valence-corrected chi connectivity index (χ0v) is 7.88. The topological polar surface area (TPSA) is 12.9 Å². The molecule has 1 nitrogen and oxygen atoms in total. The van der Waals surface area contributed by atoms with Gasteiger partial charge in [0.25, 0.3) is 0 Å². The van der Waals surface area contributed by atoms with Gasteiger partial charge in [-0.15, -0.1) is 0 Å². The molecule has 0 aliphatic heterocycles. The Morgan fingerprint density at radius 3 is 2.75 bits per heavy atom. The van der Waals surface area contributed by atoms with Crippen molar-refractivity contribution in [3.05, 3.63) is 35.1 Å². The van der Waals surface area contributed by atoms with Crippen LogP contribution >= 0.6 is 15.9 Å². The third-order valence-electron chi connectivity index (χ3n) is 1.80. The molecule has 0 unspecified atom stereocenters. The van der Waals surface area contributed by atoms with Crippen LogP contribution in [0.2, 0.25) is 0 Å². The monoisotopic (exact) mass is 217 g/mol. The van der Waals surface area contributed by atoms with E-state index < -0.39 is 0 Å². The molecule has 0 fully saturated rings. The van der Waals surface area contributed by atoms with Crippen LogP contribution in [0.25, 0.3) is 10.8 Å². The van der Waals surface area contributed by atoms with E-state index in [-0.39, 0.29) is 0 Å². The molecule has 0 bridgehead atoms. The predicted octanol–water partition coefficient (Wildman–Crippen LogP) is 1.79. The van der Waals surface area contributed by atoms with Crippen LogP contribution in [0.3, 0.4) is 0 Å². The SMILES string of the molecule is [B]c1ccc(Br)c2cnccc12. The maximum absolute atomic E-state index is 5.78. The summed E-state index contributed by atoms with van der Waals surface area (Å²) < 4.78 is 1.03. The third-order valence-corrected chi connectivity index (χ3v) is 2.49. The lowest BCUT2D eigenvalue weighted by atomic mass is 9.91. The number of pyridine rings is 1. The Kier molecular flexibility index (Phi) is 1.89. The molecule has 0 spiro atoms. The van der Waals surface area contributed by atoms with E-state index in [2.05, 4.69) is 20.9 Å². The van der Waals surface area contributed by atoms with E-state index in [1.165, 1.54) is 0 Å². The van der Waals surface area contributed by atoms with Crippen LogP contribution in [0.15, 0.2) is 35.1 Å². The van der Waals surface area contributed by atoms with Gasteiger partial charge in [-0.25, -0.2) is 0 Å². The Morgan fingerprint density at radius 2 is 2.00 bits per heavy atom. The van der Waals surface area contributed by atoms with E-state index in [1.54, 1.807) is 12.4 Å². The van der Waals surface area contributed by atoms with Gasteiger partial charge in [-0.05, 0) is 17.5 Å². The normalized spacial score (nSPS) is 10.4. The van der Waals surface area contributed by atoms with Crippen molar-refractivity contribution in [1.82, 2.24) is 4.98 Å². The van der Waals surface area contributed by atoms with Crippen LogP contribution in [0.5, 0.6) is 0 Å². The number of fused-ring (bicyclic) bond motifs is 1. The quantitative estimate of drug-likeness (QED) is 0.614. The molecule has 2 aromatic rings. The minimum atomic E-state index is 0.788. The minimum absolute atomic E-state index is 0.788. The van der Waals surface area contributed by atoms with Crippen molar-refractivity contribution in [2.45, 2.75) is 0 Å². The highest BCUT2D eigenvalue weighted by atomic mass is 79.9. The van der Waals surface area contributed by atoms with Crippen molar-refractivity contribution in [2.75, 3.05) is 0 Å². The molecular weight excluding hydrogens is 213 g/mol. The predicted molar refractivity (Wildman–Crippen MR) is 54.8 cm³/mol. The van der Waals surface area contributed by atoms with Crippen molar-refractivity contribution >= 4 is 40.0 Å². The Bertz CT molecular complexity index is 387. The highest BCUT2D eigenvalue weighted by molar-refractivity contribution is 9.10. The second kappa shape index (κ2) is 2.90. The lowest BCUT2D eigenvalue weighted by molar-refractivity contribution is 1.36. The second-order valence-electron chi connectivity index (χ2n) is 2.56. The summed E-state index contributed by atoms with van der Waals surface area (Å²) >= 11 is 3.44. The Hall–Kier alpha value is -0.825. The summed E-state index contributed by atoms with van der Waals surface area (Å²) in [6, 6.07) is 5.72. The van der Waals surface area contributed by atoms with E-state index >= 15 is 0 Å². The summed E-state index contributed by atoms with van der Waals surface area (Å²) in [4.78, 5) is 4.03. The Labute approximate surface area is 80.4 Å². The number of aromatic nitrogens is 1. The number of nitrogens with zero attached hydrogens (tertiary/aromatic N) is 1. The van der Waals surface area contributed by atoms with Crippen molar-refractivity contribution in [3.63, 3.8) is 0 Å². The molecule has 0 aliphatic rings. The van der Waals surface area contributed by atoms with Crippen LogP contribution < -0.4 is 5.46 Å². The van der Waals surface area contributed by atoms with E-state index in [9.17, 15) is 0 Å². The number of rotatable bonds is 0. The van der Waals surface area contributed by atoms with Crippen LogP contribution in [0.1, 0.15) is 0 Å². The molecule has 0 aliphatic carbocycles. The molecule has 2 radical (unpaired) electrons. The molecule has 12 heavy (non-hydrogen) atoms. The van der Waals surface area contributed by atoms with Gasteiger partial charge in [-0.3, -0.25) is 4.98 Å². The Morgan fingerprint density at radius 1 is 1.17 bits per heavy atom. The molecule has 0 N–H and O–H groups in total. The second-order valence-corrected chi connectivity index (χ2v) is 3.41. The van der Waals surface area contributed by atoms with Crippen LogP contribution in [0, 0.1) is 0 Å². The fourth-order valence-electron chi connectivity index (χ4n) is 1.18. The number of halogens is 1. The lowest BCUT2D eigenvalue weighted by Crippen LogP contribution is -2.02. The average Bonchev–Trinajstić information content (AvgIpc) is 2.12. The molecule has 1 heterocycles. The first-order chi connectivity index (χ1) is 5.79. The maximum Gasteiger partial charge on any atom is 0.114 e. The first-order valence-corrected chi connectivity index (χ1v) is 4.36. The largest absolute Gasteiger partial charge is 0.264 e. The summed E-state index contributed by atoms with van der Waals surface area (Å²) in [7, 11) is 5.78. The summed E-state index contributed by atoms with van der Waals surface area (Å²) in [5, 5.41) is 2.09. The van der Waals surface area contributed by atoms with Gasteiger partial charge < -0.3 is 0 Å². The number of hydrogen-bond acceptors (Lipinski definition) is 1. The zero-order valence-electron chi connectivity index (χ0n) is 6.29. The average molecular weight is 218 g/mol. The minimum Gasteiger partial charge on any atom is -0.264 e. The van der Waals surface area contributed by atoms with Gasteiger partial charge in [-0.2, -0.15) is 0 Å². The van der Waals surface area contributed by atoms with Gasteiger partial charge >= 0.3 is 0 Å². The summed E-state index contributed by atoms with van der Waals surface area (Å²) in [5.41, 5.74) is 0.788. The van der Waals surface area contributed by atoms with E-state index in [4.69, 9.17) is 7.85 Å². The molecule has 1 aromatic heterocycles. The van der Waals surface area contributed by atoms with Crippen molar-refractivity contribution in [2.24, 2.45) is 0 Å². The van der Waals surface area contributed by atoms with Gasteiger partial charge in [0.1, 0.15) is 7.85 Å². The third kappa shape index (κ3) is 1.14. The molecule has 0 saturated carbocycles. The first kappa shape index (κ1) is 7.81. The van der Waals surface area contributed by atoms with Crippen molar-refractivity contribution < 1.29 is 0 Å². The van der Waals surface area contributed by atoms with E-state index in [0.717, 1.165) is 20.7 Å². The van der Waals surface area contributed by atoms with Gasteiger partial charge in [-0.1, -0.05) is 27.5 Å². The zero-order chi connectivity index (χ0) is 8.55. The molecule has 0 atom stereocenters.